The molecule has 0 heterocycles. The molecule has 0 saturated heterocycles. The average Bonchev–Trinajstić information content (AvgIpc) is 3.22. The Morgan fingerprint density at radius 3 is 2.11 bits per heavy atom. The van der Waals surface area contributed by atoms with Gasteiger partial charge in [-0.2, -0.15) is 0 Å². The number of benzene rings is 3. The summed E-state index contributed by atoms with van der Waals surface area (Å²) < 4.78 is 16.0. The SMILES string of the molecule is COc1ccc(COC(=O)CCCCCNC(=O)OCC2c3ccccc3-c3ccccc32)cc1. The van der Waals surface area contributed by atoms with Crippen LogP contribution in [0.5, 0.6) is 5.75 Å². The summed E-state index contributed by atoms with van der Waals surface area (Å²) in [7, 11) is 1.61. The molecule has 0 bridgehead atoms. The van der Waals surface area contributed by atoms with E-state index in [4.69, 9.17) is 14.2 Å². The van der Waals surface area contributed by atoms with Crippen molar-refractivity contribution in [1.82, 2.24) is 5.32 Å². The fourth-order valence-corrected chi connectivity index (χ4v) is 4.37. The minimum absolute atomic E-state index is 0.0528. The molecule has 0 aromatic heterocycles. The molecule has 0 atom stereocenters. The second kappa shape index (κ2) is 12.1. The number of methoxy groups -OCH3 is 1. The minimum atomic E-state index is -0.411. The van der Waals surface area contributed by atoms with E-state index in [9.17, 15) is 9.59 Å². The summed E-state index contributed by atoms with van der Waals surface area (Å²) in [5.74, 6) is 0.606. The molecular formula is C29H31NO5. The number of alkyl carbamates (subject to hydrolysis) is 1. The van der Waals surface area contributed by atoms with Crippen LogP contribution in [0.2, 0.25) is 0 Å². The van der Waals surface area contributed by atoms with Gasteiger partial charge in [0.2, 0.25) is 0 Å². The number of carbonyl (C=O) groups excluding carboxylic acids is 2. The first kappa shape index (κ1) is 24.3. The number of esters is 1. The molecule has 0 unspecified atom stereocenters. The van der Waals surface area contributed by atoms with Gasteiger partial charge in [-0.05, 0) is 52.8 Å². The van der Waals surface area contributed by atoms with Crippen LogP contribution in [0.1, 0.15) is 48.3 Å². The monoisotopic (exact) mass is 473 g/mol. The summed E-state index contributed by atoms with van der Waals surface area (Å²) in [4.78, 5) is 24.1. The number of fused-ring (bicyclic) bond motifs is 3. The van der Waals surface area contributed by atoms with Gasteiger partial charge in [0.15, 0.2) is 0 Å². The van der Waals surface area contributed by atoms with Gasteiger partial charge in [-0.25, -0.2) is 4.79 Å². The predicted molar refractivity (Wildman–Crippen MR) is 134 cm³/mol. The first-order valence-electron chi connectivity index (χ1n) is 12.0. The van der Waals surface area contributed by atoms with E-state index in [1.165, 1.54) is 22.3 Å². The standard InChI is InChI=1S/C29H31NO5/c1-33-22-16-14-21(15-17-22)19-34-28(31)13-3-2-8-18-30-29(32)35-20-27-25-11-6-4-9-23(25)24-10-5-7-12-26(24)27/h4-7,9-12,14-17,27H,2-3,8,13,18-20H2,1H3,(H,30,32). The van der Waals surface area contributed by atoms with Gasteiger partial charge in [-0.1, -0.05) is 67.1 Å². The molecule has 1 N–H and O–H groups in total. The molecule has 0 spiro atoms. The Hall–Kier alpha value is -3.80. The second-order valence-electron chi connectivity index (χ2n) is 8.57. The van der Waals surface area contributed by atoms with E-state index in [0.717, 1.165) is 24.2 Å². The van der Waals surface area contributed by atoms with Crippen LogP contribution in [0.15, 0.2) is 72.8 Å². The van der Waals surface area contributed by atoms with E-state index in [1.807, 2.05) is 48.5 Å². The number of hydrogen-bond acceptors (Lipinski definition) is 5. The highest BCUT2D eigenvalue weighted by Gasteiger charge is 2.28. The molecule has 3 aromatic rings. The highest BCUT2D eigenvalue weighted by molar-refractivity contribution is 5.79. The predicted octanol–water partition coefficient (Wildman–Crippen LogP) is 5.84. The van der Waals surface area contributed by atoms with Gasteiger partial charge in [0.05, 0.1) is 7.11 Å². The topological polar surface area (TPSA) is 73.9 Å². The van der Waals surface area contributed by atoms with Gasteiger partial charge < -0.3 is 19.5 Å². The van der Waals surface area contributed by atoms with Crippen LogP contribution in [0.3, 0.4) is 0 Å². The van der Waals surface area contributed by atoms with Gasteiger partial charge in [0.25, 0.3) is 0 Å². The van der Waals surface area contributed by atoms with Crippen molar-refractivity contribution in [3.63, 3.8) is 0 Å². The van der Waals surface area contributed by atoms with Gasteiger partial charge >= 0.3 is 12.1 Å². The van der Waals surface area contributed by atoms with Crippen molar-refractivity contribution in [3.8, 4) is 16.9 Å². The van der Waals surface area contributed by atoms with Gasteiger partial charge in [-0.15, -0.1) is 0 Å². The molecule has 4 rings (SSSR count). The van der Waals surface area contributed by atoms with Crippen LogP contribution in [0.4, 0.5) is 4.79 Å². The summed E-state index contributed by atoms with van der Waals surface area (Å²) >= 11 is 0. The zero-order valence-corrected chi connectivity index (χ0v) is 20.0. The molecule has 1 aliphatic rings. The first-order chi connectivity index (χ1) is 17.2. The zero-order chi connectivity index (χ0) is 24.5. The summed E-state index contributed by atoms with van der Waals surface area (Å²) in [6, 6.07) is 24.0. The second-order valence-corrected chi connectivity index (χ2v) is 8.57. The van der Waals surface area contributed by atoms with Crippen LogP contribution in [-0.2, 0) is 20.9 Å². The van der Waals surface area contributed by atoms with Crippen LogP contribution in [-0.4, -0.2) is 32.3 Å². The number of unbranched alkanes of at least 4 members (excludes halogenated alkanes) is 2. The Balaban J connectivity index is 1.09. The molecule has 1 aliphatic carbocycles. The van der Waals surface area contributed by atoms with Crippen molar-refractivity contribution in [3.05, 3.63) is 89.5 Å². The smallest absolute Gasteiger partial charge is 0.407 e. The maximum absolute atomic E-state index is 12.2. The lowest BCUT2D eigenvalue weighted by Crippen LogP contribution is -2.27. The van der Waals surface area contributed by atoms with Crippen LogP contribution >= 0.6 is 0 Å². The van der Waals surface area contributed by atoms with Crippen molar-refractivity contribution in [2.75, 3.05) is 20.3 Å². The fourth-order valence-electron chi connectivity index (χ4n) is 4.37. The van der Waals surface area contributed by atoms with E-state index < -0.39 is 6.09 Å². The van der Waals surface area contributed by atoms with Gasteiger partial charge in [-0.3, -0.25) is 4.79 Å². The number of ether oxygens (including phenoxy) is 3. The van der Waals surface area contributed by atoms with Gasteiger partial charge in [0, 0.05) is 18.9 Å². The molecule has 0 fully saturated rings. The van der Waals surface area contributed by atoms with Crippen molar-refractivity contribution in [1.29, 1.82) is 0 Å². The minimum Gasteiger partial charge on any atom is -0.497 e. The highest BCUT2D eigenvalue weighted by atomic mass is 16.5. The molecular weight excluding hydrogens is 442 g/mol. The largest absolute Gasteiger partial charge is 0.497 e. The molecule has 0 aliphatic heterocycles. The highest BCUT2D eigenvalue weighted by Crippen LogP contribution is 2.44. The number of amides is 1. The van der Waals surface area contributed by atoms with Crippen LogP contribution < -0.4 is 10.1 Å². The third-order valence-corrected chi connectivity index (χ3v) is 6.23. The van der Waals surface area contributed by atoms with Crippen LogP contribution in [0.25, 0.3) is 11.1 Å². The first-order valence-corrected chi connectivity index (χ1v) is 12.0. The lowest BCUT2D eigenvalue weighted by molar-refractivity contribution is -0.145. The Labute approximate surface area is 206 Å². The quantitative estimate of drug-likeness (QED) is 0.280. The third-order valence-electron chi connectivity index (χ3n) is 6.23. The molecule has 0 saturated carbocycles. The molecule has 6 heteroatoms. The van der Waals surface area contributed by atoms with Crippen molar-refractivity contribution in [2.24, 2.45) is 0 Å². The van der Waals surface area contributed by atoms with Crippen molar-refractivity contribution >= 4 is 12.1 Å². The number of hydrogen-bond donors (Lipinski definition) is 1. The Bertz CT molecular complexity index is 1100. The maximum atomic E-state index is 12.2. The average molecular weight is 474 g/mol. The lowest BCUT2D eigenvalue weighted by Gasteiger charge is -2.14. The normalized spacial score (nSPS) is 11.9. The number of rotatable bonds is 11. The van der Waals surface area contributed by atoms with Crippen molar-refractivity contribution < 1.29 is 23.8 Å². The van der Waals surface area contributed by atoms with Gasteiger partial charge in [0.1, 0.15) is 19.0 Å². The van der Waals surface area contributed by atoms with E-state index in [2.05, 4.69) is 29.6 Å². The van der Waals surface area contributed by atoms with E-state index in [1.54, 1.807) is 7.11 Å². The Kier molecular flexibility index (Phi) is 8.39. The van der Waals surface area contributed by atoms with E-state index >= 15 is 0 Å². The zero-order valence-electron chi connectivity index (χ0n) is 20.0. The summed E-state index contributed by atoms with van der Waals surface area (Å²) in [6.45, 7) is 1.07. The third kappa shape index (κ3) is 6.41. The molecule has 35 heavy (non-hydrogen) atoms. The lowest BCUT2D eigenvalue weighted by atomic mass is 9.98. The summed E-state index contributed by atoms with van der Waals surface area (Å²) in [6.07, 6.45) is 2.26. The Morgan fingerprint density at radius 1 is 0.800 bits per heavy atom. The molecule has 0 radical (unpaired) electrons. The molecule has 6 nitrogen and oxygen atoms in total. The number of nitrogens with one attached hydrogen (secondary N) is 1. The van der Waals surface area contributed by atoms with Crippen LogP contribution in [0, 0.1) is 0 Å². The van der Waals surface area contributed by atoms with Crippen molar-refractivity contribution in [2.45, 2.75) is 38.2 Å². The Morgan fingerprint density at radius 2 is 1.46 bits per heavy atom. The molecule has 3 aromatic carbocycles. The maximum Gasteiger partial charge on any atom is 0.407 e. The van der Waals surface area contributed by atoms with E-state index in [0.29, 0.717) is 26.0 Å². The van der Waals surface area contributed by atoms with E-state index in [-0.39, 0.29) is 18.5 Å². The summed E-state index contributed by atoms with van der Waals surface area (Å²) in [5, 5.41) is 2.81. The fraction of sp³-hybridized carbons (Fsp3) is 0.310. The molecule has 1 amide bonds. The summed E-state index contributed by atoms with van der Waals surface area (Å²) in [5.41, 5.74) is 5.73. The number of carbonyl (C=O) groups is 2. The molecule has 182 valence electrons.